The van der Waals surface area contributed by atoms with E-state index in [0.29, 0.717) is 5.89 Å². The lowest BCUT2D eigenvalue weighted by Gasteiger charge is -2.00. The third-order valence-electron chi connectivity index (χ3n) is 1.59. The van der Waals surface area contributed by atoms with Crippen LogP contribution in [0.25, 0.3) is 0 Å². The molecule has 1 aromatic heterocycles. The molecule has 5 heteroatoms. The Labute approximate surface area is 88.6 Å². The second-order valence-corrected chi connectivity index (χ2v) is 4.38. The third kappa shape index (κ3) is 4.11. The number of nitrogens with zero attached hydrogens (tertiary/aromatic N) is 2. The van der Waals surface area contributed by atoms with Crippen molar-refractivity contribution in [2.45, 2.75) is 38.5 Å². The van der Waals surface area contributed by atoms with Crippen molar-refractivity contribution in [2.24, 2.45) is 5.73 Å². The second-order valence-electron chi connectivity index (χ2n) is 3.35. The molecule has 0 fully saturated rings. The summed E-state index contributed by atoms with van der Waals surface area (Å²) in [6.45, 7) is 4.09. The van der Waals surface area contributed by atoms with Gasteiger partial charge in [0.15, 0.2) is 5.82 Å². The highest BCUT2D eigenvalue weighted by atomic mass is 32.2. The maximum absolute atomic E-state index is 5.62. The van der Waals surface area contributed by atoms with Crippen LogP contribution in [0.5, 0.6) is 0 Å². The van der Waals surface area contributed by atoms with Crippen LogP contribution in [0.15, 0.2) is 4.52 Å². The highest BCUT2D eigenvalue weighted by Crippen LogP contribution is 2.11. The van der Waals surface area contributed by atoms with Crippen molar-refractivity contribution in [3.05, 3.63) is 11.7 Å². The molecule has 0 aliphatic heterocycles. The number of rotatable bonds is 6. The van der Waals surface area contributed by atoms with Gasteiger partial charge in [-0.3, -0.25) is 0 Å². The maximum Gasteiger partial charge on any atom is 0.236 e. The summed E-state index contributed by atoms with van der Waals surface area (Å²) in [5.41, 5.74) is 5.62. The van der Waals surface area contributed by atoms with Crippen LogP contribution in [-0.2, 0) is 12.2 Å². The lowest BCUT2D eigenvalue weighted by Crippen LogP contribution is -2.17. The standard InChI is InChI=1S/C9H17N3OS/c1-3-4-8-11-9(13-12-8)6-14-5-7(2)10/h7H,3-6,10H2,1-2H3. The van der Waals surface area contributed by atoms with Crippen LogP contribution in [-0.4, -0.2) is 21.9 Å². The van der Waals surface area contributed by atoms with Crippen LogP contribution in [0.1, 0.15) is 32.0 Å². The van der Waals surface area contributed by atoms with Gasteiger partial charge >= 0.3 is 0 Å². The molecular weight excluding hydrogens is 198 g/mol. The summed E-state index contributed by atoms with van der Waals surface area (Å²) in [6.07, 6.45) is 1.94. The van der Waals surface area contributed by atoms with Gasteiger partial charge in [-0.2, -0.15) is 16.7 Å². The molecule has 0 saturated heterocycles. The Bertz CT molecular complexity index is 262. The molecule has 2 N–H and O–H groups in total. The fourth-order valence-corrected chi connectivity index (χ4v) is 1.79. The molecule has 1 unspecified atom stereocenters. The minimum Gasteiger partial charge on any atom is -0.338 e. The van der Waals surface area contributed by atoms with E-state index < -0.39 is 0 Å². The van der Waals surface area contributed by atoms with Gasteiger partial charge in [0.25, 0.3) is 0 Å². The van der Waals surface area contributed by atoms with Crippen LogP contribution in [0.2, 0.25) is 0 Å². The Kier molecular flexibility index (Phi) is 4.97. The number of hydrogen-bond donors (Lipinski definition) is 1. The number of thioether (sulfide) groups is 1. The van der Waals surface area contributed by atoms with E-state index in [1.54, 1.807) is 11.8 Å². The quantitative estimate of drug-likeness (QED) is 0.781. The molecule has 0 radical (unpaired) electrons. The van der Waals surface area contributed by atoms with Gasteiger partial charge in [-0.15, -0.1) is 0 Å². The second kappa shape index (κ2) is 6.03. The van der Waals surface area contributed by atoms with Crippen LogP contribution >= 0.6 is 11.8 Å². The summed E-state index contributed by atoms with van der Waals surface area (Å²) in [6, 6.07) is 0.220. The van der Waals surface area contributed by atoms with Crippen molar-refractivity contribution in [1.29, 1.82) is 0 Å². The van der Waals surface area contributed by atoms with E-state index in [1.165, 1.54) is 0 Å². The Morgan fingerprint density at radius 1 is 1.57 bits per heavy atom. The summed E-state index contributed by atoms with van der Waals surface area (Å²) in [5, 5.41) is 3.87. The summed E-state index contributed by atoms with van der Waals surface area (Å²) in [7, 11) is 0. The lowest BCUT2D eigenvalue weighted by atomic mass is 10.3. The van der Waals surface area contributed by atoms with Gasteiger partial charge in [0.05, 0.1) is 5.75 Å². The normalized spacial score (nSPS) is 13.1. The van der Waals surface area contributed by atoms with Crippen LogP contribution in [0, 0.1) is 0 Å². The first-order valence-corrected chi connectivity index (χ1v) is 6.02. The fourth-order valence-electron chi connectivity index (χ4n) is 1.01. The first-order valence-electron chi connectivity index (χ1n) is 4.87. The smallest absolute Gasteiger partial charge is 0.236 e. The van der Waals surface area contributed by atoms with Gasteiger partial charge in [0.1, 0.15) is 0 Å². The largest absolute Gasteiger partial charge is 0.338 e. The van der Waals surface area contributed by atoms with E-state index in [0.717, 1.165) is 30.2 Å². The first-order chi connectivity index (χ1) is 6.72. The van der Waals surface area contributed by atoms with E-state index in [-0.39, 0.29) is 6.04 Å². The predicted molar refractivity (Wildman–Crippen MR) is 58.1 cm³/mol. The van der Waals surface area contributed by atoms with Crippen LogP contribution in [0.3, 0.4) is 0 Å². The SMILES string of the molecule is CCCc1noc(CSCC(C)N)n1. The molecule has 80 valence electrons. The molecule has 0 aliphatic rings. The van der Waals surface area contributed by atoms with E-state index in [1.807, 2.05) is 6.92 Å². The van der Waals surface area contributed by atoms with Crippen molar-refractivity contribution in [3.63, 3.8) is 0 Å². The molecule has 14 heavy (non-hydrogen) atoms. The molecule has 1 heterocycles. The predicted octanol–water partition coefficient (Wildman–Crippen LogP) is 1.60. The van der Waals surface area contributed by atoms with Gasteiger partial charge in [0, 0.05) is 18.2 Å². The Hall–Kier alpha value is -0.550. The zero-order valence-electron chi connectivity index (χ0n) is 8.69. The molecule has 1 aromatic rings. The number of hydrogen-bond acceptors (Lipinski definition) is 5. The molecule has 1 atom stereocenters. The molecule has 0 aliphatic carbocycles. The molecule has 0 spiro atoms. The van der Waals surface area contributed by atoms with Crippen LogP contribution < -0.4 is 5.73 Å². The summed E-state index contributed by atoms with van der Waals surface area (Å²) < 4.78 is 5.08. The van der Waals surface area contributed by atoms with Crippen molar-refractivity contribution in [3.8, 4) is 0 Å². The third-order valence-corrected chi connectivity index (χ3v) is 2.80. The molecule has 1 rings (SSSR count). The highest BCUT2D eigenvalue weighted by Gasteiger charge is 2.05. The fraction of sp³-hybridized carbons (Fsp3) is 0.778. The van der Waals surface area contributed by atoms with Gasteiger partial charge in [-0.1, -0.05) is 12.1 Å². The van der Waals surface area contributed by atoms with E-state index in [9.17, 15) is 0 Å². The van der Waals surface area contributed by atoms with Crippen molar-refractivity contribution in [2.75, 3.05) is 5.75 Å². The molecule has 0 bridgehead atoms. The zero-order valence-corrected chi connectivity index (χ0v) is 9.51. The topological polar surface area (TPSA) is 64.9 Å². The summed E-state index contributed by atoms with van der Waals surface area (Å²) in [5.74, 6) is 3.20. The number of aromatic nitrogens is 2. The summed E-state index contributed by atoms with van der Waals surface area (Å²) >= 11 is 1.72. The Balaban J connectivity index is 2.28. The average molecular weight is 215 g/mol. The maximum atomic E-state index is 5.62. The van der Waals surface area contributed by atoms with Gasteiger partial charge in [0.2, 0.25) is 5.89 Å². The molecular formula is C9H17N3OS. The zero-order chi connectivity index (χ0) is 10.4. The number of nitrogens with two attached hydrogens (primary N) is 1. The van der Waals surface area contributed by atoms with Gasteiger partial charge in [-0.05, 0) is 13.3 Å². The van der Waals surface area contributed by atoms with E-state index in [2.05, 4.69) is 17.1 Å². The summed E-state index contributed by atoms with van der Waals surface area (Å²) in [4.78, 5) is 4.26. The van der Waals surface area contributed by atoms with Crippen molar-refractivity contribution < 1.29 is 4.52 Å². The monoisotopic (exact) mass is 215 g/mol. The van der Waals surface area contributed by atoms with E-state index in [4.69, 9.17) is 10.3 Å². The van der Waals surface area contributed by atoms with Crippen LogP contribution in [0.4, 0.5) is 0 Å². The molecule has 0 amide bonds. The van der Waals surface area contributed by atoms with Gasteiger partial charge in [-0.25, -0.2) is 0 Å². The Morgan fingerprint density at radius 2 is 2.36 bits per heavy atom. The first kappa shape index (κ1) is 11.5. The Morgan fingerprint density at radius 3 is 3.00 bits per heavy atom. The lowest BCUT2D eigenvalue weighted by molar-refractivity contribution is 0.384. The molecule has 4 nitrogen and oxygen atoms in total. The minimum atomic E-state index is 0.220. The highest BCUT2D eigenvalue weighted by molar-refractivity contribution is 7.98. The molecule has 0 saturated carbocycles. The minimum absolute atomic E-state index is 0.220. The number of aryl methyl sites for hydroxylation is 1. The molecule has 0 aromatic carbocycles. The van der Waals surface area contributed by atoms with Crippen molar-refractivity contribution in [1.82, 2.24) is 10.1 Å². The van der Waals surface area contributed by atoms with Crippen molar-refractivity contribution >= 4 is 11.8 Å². The van der Waals surface area contributed by atoms with Gasteiger partial charge < -0.3 is 10.3 Å². The van der Waals surface area contributed by atoms with E-state index >= 15 is 0 Å². The average Bonchev–Trinajstić information content (AvgIpc) is 2.53.